The van der Waals surface area contributed by atoms with Crippen molar-refractivity contribution in [1.29, 1.82) is 0 Å². The first-order chi connectivity index (χ1) is 5.77. The third-order valence-corrected chi connectivity index (χ3v) is 1.54. The second-order valence-electron chi connectivity index (χ2n) is 2.31. The molecule has 3 heteroatoms. The van der Waals surface area contributed by atoms with Gasteiger partial charge in [-0.2, -0.15) is 0 Å². The molecule has 0 aromatic heterocycles. The predicted molar refractivity (Wildman–Crippen MR) is 44.4 cm³/mol. The Bertz CT molecular complexity index is 281. The topological polar surface area (TPSA) is 46.5 Å². The summed E-state index contributed by atoms with van der Waals surface area (Å²) in [6.07, 6.45) is 0. The lowest BCUT2D eigenvalue weighted by Gasteiger charge is -2.01. The van der Waals surface area contributed by atoms with Crippen LogP contribution in [0.15, 0.2) is 24.3 Å². The second kappa shape index (κ2) is 3.88. The molecule has 0 radical (unpaired) electrons. The van der Waals surface area contributed by atoms with Crippen molar-refractivity contribution in [2.24, 2.45) is 0 Å². The van der Waals surface area contributed by atoms with E-state index in [1.165, 1.54) is 7.11 Å². The van der Waals surface area contributed by atoms with E-state index in [4.69, 9.17) is 9.84 Å². The standard InChI is InChI=1S/C9H10O3/c1-12-8-4-2-3-7(5-8)9(11)6-10/h2-5,10H,6H2,1H3. The first-order valence-corrected chi connectivity index (χ1v) is 3.56. The highest BCUT2D eigenvalue weighted by molar-refractivity contribution is 5.97. The third-order valence-electron chi connectivity index (χ3n) is 1.54. The van der Waals surface area contributed by atoms with Crippen molar-refractivity contribution in [2.75, 3.05) is 13.7 Å². The molecule has 1 aromatic carbocycles. The molecule has 0 saturated carbocycles. The van der Waals surface area contributed by atoms with Gasteiger partial charge in [0.25, 0.3) is 0 Å². The largest absolute Gasteiger partial charge is 0.497 e. The van der Waals surface area contributed by atoms with Crippen LogP contribution in [0.2, 0.25) is 0 Å². The van der Waals surface area contributed by atoms with Crippen LogP contribution < -0.4 is 4.74 Å². The normalized spacial score (nSPS) is 9.50. The maximum absolute atomic E-state index is 11.0. The summed E-state index contributed by atoms with van der Waals surface area (Å²) >= 11 is 0. The number of aliphatic hydroxyl groups is 1. The van der Waals surface area contributed by atoms with Crippen molar-refractivity contribution in [2.45, 2.75) is 0 Å². The van der Waals surface area contributed by atoms with E-state index in [-0.39, 0.29) is 5.78 Å². The zero-order chi connectivity index (χ0) is 8.97. The minimum absolute atomic E-state index is 0.297. The molecule has 0 unspecified atom stereocenters. The molecule has 0 bridgehead atoms. The lowest BCUT2D eigenvalue weighted by atomic mass is 10.1. The van der Waals surface area contributed by atoms with Crippen LogP contribution in [0.4, 0.5) is 0 Å². The van der Waals surface area contributed by atoms with Gasteiger partial charge < -0.3 is 9.84 Å². The fourth-order valence-electron chi connectivity index (χ4n) is 0.888. The van der Waals surface area contributed by atoms with Gasteiger partial charge in [0, 0.05) is 5.56 Å². The van der Waals surface area contributed by atoms with Crippen molar-refractivity contribution in [3.63, 3.8) is 0 Å². The minimum Gasteiger partial charge on any atom is -0.497 e. The van der Waals surface area contributed by atoms with Gasteiger partial charge in [-0.3, -0.25) is 4.79 Å². The molecule has 0 aliphatic carbocycles. The van der Waals surface area contributed by atoms with Crippen molar-refractivity contribution in [3.05, 3.63) is 29.8 Å². The van der Waals surface area contributed by atoms with Gasteiger partial charge in [0.2, 0.25) is 0 Å². The van der Waals surface area contributed by atoms with Gasteiger partial charge in [0.15, 0.2) is 5.78 Å². The molecule has 0 saturated heterocycles. The van der Waals surface area contributed by atoms with E-state index in [0.717, 1.165) is 0 Å². The van der Waals surface area contributed by atoms with Crippen LogP contribution in [0.1, 0.15) is 10.4 Å². The smallest absolute Gasteiger partial charge is 0.188 e. The summed E-state index contributed by atoms with van der Waals surface area (Å²) in [6.45, 7) is -0.465. The van der Waals surface area contributed by atoms with E-state index in [1.807, 2.05) is 0 Å². The highest BCUT2D eigenvalue weighted by Gasteiger charge is 2.03. The van der Waals surface area contributed by atoms with Crippen LogP contribution in [-0.2, 0) is 0 Å². The molecule has 3 nitrogen and oxygen atoms in total. The number of ether oxygens (including phenoxy) is 1. The first kappa shape index (κ1) is 8.74. The Balaban J connectivity index is 2.93. The molecule has 0 atom stereocenters. The SMILES string of the molecule is COc1cccc(C(=O)CO)c1. The number of benzene rings is 1. The number of aliphatic hydroxyl groups excluding tert-OH is 1. The van der Waals surface area contributed by atoms with E-state index in [1.54, 1.807) is 24.3 Å². The quantitative estimate of drug-likeness (QED) is 0.678. The number of hydrogen-bond donors (Lipinski definition) is 1. The van der Waals surface area contributed by atoms with Gasteiger partial charge in [-0.15, -0.1) is 0 Å². The van der Waals surface area contributed by atoms with E-state index < -0.39 is 6.61 Å². The van der Waals surface area contributed by atoms with Gasteiger partial charge >= 0.3 is 0 Å². The summed E-state index contributed by atoms with van der Waals surface area (Å²) in [5.41, 5.74) is 0.469. The molecule has 0 aliphatic heterocycles. The Morgan fingerprint density at radius 3 is 2.92 bits per heavy atom. The van der Waals surface area contributed by atoms with Gasteiger partial charge in [-0.05, 0) is 12.1 Å². The summed E-state index contributed by atoms with van der Waals surface area (Å²) in [5.74, 6) is 0.322. The maximum Gasteiger partial charge on any atom is 0.188 e. The summed E-state index contributed by atoms with van der Waals surface area (Å²) < 4.78 is 4.92. The van der Waals surface area contributed by atoms with Crippen molar-refractivity contribution in [1.82, 2.24) is 0 Å². The van der Waals surface area contributed by atoms with Gasteiger partial charge in [-0.1, -0.05) is 12.1 Å². The van der Waals surface area contributed by atoms with Crippen LogP contribution in [-0.4, -0.2) is 24.6 Å². The minimum atomic E-state index is -0.465. The molecule has 0 fully saturated rings. The third kappa shape index (κ3) is 1.83. The average molecular weight is 166 g/mol. The number of carbonyl (C=O) groups excluding carboxylic acids is 1. The first-order valence-electron chi connectivity index (χ1n) is 3.56. The maximum atomic E-state index is 11.0. The van der Waals surface area contributed by atoms with Crippen molar-refractivity contribution < 1.29 is 14.6 Å². The fraction of sp³-hybridized carbons (Fsp3) is 0.222. The Kier molecular flexibility index (Phi) is 2.82. The Morgan fingerprint density at radius 2 is 2.33 bits per heavy atom. The molecule has 64 valence electrons. The zero-order valence-corrected chi connectivity index (χ0v) is 6.78. The lowest BCUT2D eigenvalue weighted by molar-refractivity contribution is 0.0903. The number of methoxy groups -OCH3 is 1. The summed E-state index contributed by atoms with van der Waals surface area (Å²) in [5, 5.41) is 8.56. The Labute approximate surface area is 70.6 Å². The van der Waals surface area contributed by atoms with Gasteiger partial charge in [0.05, 0.1) is 7.11 Å². The molecule has 1 N–H and O–H groups in total. The lowest BCUT2D eigenvalue weighted by Crippen LogP contribution is -2.03. The monoisotopic (exact) mass is 166 g/mol. The average Bonchev–Trinajstić information content (AvgIpc) is 2.17. The highest BCUT2D eigenvalue weighted by atomic mass is 16.5. The molecular formula is C9H10O3. The van der Waals surface area contributed by atoms with Crippen LogP contribution in [0.3, 0.4) is 0 Å². The molecule has 0 amide bonds. The van der Waals surface area contributed by atoms with Crippen molar-refractivity contribution in [3.8, 4) is 5.75 Å². The molecule has 0 heterocycles. The van der Waals surface area contributed by atoms with Crippen LogP contribution >= 0.6 is 0 Å². The van der Waals surface area contributed by atoms with E-state index in [0.29, 0.717) is 11.3 Å². The van der Waals surface area contributed by atoms with E-state index >= 15 is 0 Å². The molecule has 0 spiro atoms. The molecule has 1 rings (SSSR count). The van der Waals surface area contributed by atoms with Crippen molar-refractivity contribution >= 4 is 5.78 Å². The summed E-state index contributed by atoms with van der Waals surface area (Å²) in [6, 6.07) is 6.69. The van der Waals surface area contributed by atoms with Crippen LogP contribution in [0.25, 0.3) is 0 Å². The van der Waals surface area contributed by atoms with Crippen LogP contribution in [0, 0.1) is 0 Å². The number of ketones is 1. The molecule has 12 heavy (non-hydrogen) atoms. The molecule has 0 aliphatic rings. The fourth-order valence-corrected chi connectivity index (χ4v) is 0.888. The summed E-state index contributed by atoms with van der Waals surface area (Å²) in [7, 11) is 1.53. The zero-order valence-electron chi connectivity index (χ0n) is 6.78. The highest BCUT2D eigenvalue weighted by Crippen LogP contribution is 2.12. The number of Topliss-reactive ketones (excluding diaryl/α,β-unsaturated/α-hetero) is 1. The number of carbonyl (C=O) groups is 1. The summed E-state index contributed by atoms with van der Waals surface area (Å²) in [4.78, 5) is 11.0. The Hall–Kier alpha value is -1.35. The number of rotatable bonds is 3. The number of hydrogen-bond acceptors (Lipinski definition) is 3. The van der Waals surface area contributed by atoms with E-state index in [9.17, 15) is 4.79 Å². The van der Waals surface area contributed by atoms with E-state index in [2.05, 4.69) is 0 Å². The molecular weight excluding hydrogens is 156 g/mol. The predicted octanol–water partition coefficient (Wildman–Crippen LogP) is 0.870. The Morgan fingerprint density at radius 1 is 1.58 bits per heavy atom. The van der Waals surface area contributed by atoms with Gasteiger partial charge in [-0.25, -0.2) is 0 Å². The van der Waals surface area contributed by atoms with Crippen LogP contribution in [0.5, 0.6) is 5.75 Å². The molecule has 1 aromatic rings. The van der Waals surface area contributed by atoms with Gasteiger partial charge in [0.1, 0.15) is 12.4 Å². The second-order valence-corrected chi connectivity index (χ2v) is 2.31.